The molecule has 0 radical (unpaired) electrons. The predicted octanol–water partition coefficient (Wildman–Crippen LogP) is 3.04. The van der Waals surface area contributed by atoms with Crippen LogP contribution in [0.3, 0.4) is 0 Å². The number of hydrogen-bond donors (Lipinski definition) is 1. The Morgan fingerprint density at radius 1 is 1.23 bits per heavy atom. The number of nitrogens with zero attached hydrogens (tertiary/aromatic N) is 2. The van der Waals surface area contributed by atoms with Crippen molar-refractivity contribution in [3.8, 4) is 5.75 Å². The van der Waals surface area contributed by atoms with Crippen LogP contribution in [0.2, 0.25) is 0 Å². The number of thiazole rings is 1. The van der Waals surface area contributed by atoms with E-state index >= 15 is 0 Å². The third kappa shape index (κ3) is 3.25. The summed E-state index contributed by atoms with van der Waals surface area (Å²) in [5, 5.41) is 3.64. The highest BCUT2D eigenvalue weighted by Crippen LogP contribution is 2.30. The fourth-order valence-electron chi connectivity index (χ4n) is 2.82. The number of amides is 2. The molecule has 2 aromatic carbocycles. The van der Waals surface area contributed by atoms with Gasteiger partial charge in [0.2, 0.25) is 5.91 Å². The van der Waals surface area contributed by atoms with Gasteiger partial charge in [0.25, 0.3) is 5.91 Å². The van der Waals surface area contributed by atoms with E-state index in [-0.39, 0.29) is 18.2 Å². The summed E-state index contributed by atoms with van der Waals surface area (Å²) < 4.78 is 6.78. The van der Waals surface area contributed by atoms with Gasteiger partial charge in [-0.2, -0.15) is 0 Å². The molecule has 0 unspecified atom stereocenters. The van der Waals surface area contributed by atoms with Gasteiger partial charge < -0.3 is 15.0 Å². The van der Waals surface area contributed by atoms with Gasteiger partial charge in [0.05, 0.1) is 28.9 Å². The molecule has 2 heterocycles. The molecular formula is C19H17N3O3S. The number of benzene rings is 2. The fraction of sp³-hybridized carbons (Fsp3) is 0.211. The Hall–Kier alpha value is -2.93. The van der Waals surface area contributed by atoms with Crippen molar-refractivity contribution >= 4 is 39.1 Å². The monoisotopic (exact) mass is 367 g/mol. The topological polar surface area (TPSA) is 71.5 Å². The van der Waals surface area contributed by atoms with Gasteiger partial charge in [-0.3, -0.25) is 9.59 Å². The van der Waals surface area contributed by atoms with Gasteiger partial charge in [0.15, 0.2) is 6.10 Å². The van der Waals surface area contributed by atoms with Crippen molar-refractivity contribution in [2.45, 2.75) is 19.1 Å². The number of carbonyl (C=O) groups is 2. The van der Waals surface area contributed by atoms with E-state index in [0.29, 0.717) is 18.0 Å². The Morgan fingerprint density at radius 2 is 2.00 bits per heavy atom. The van der Waals surface area contributed by atoms with E-state index in [9.17, 15) is 9.59 Å². The second-order valence-electron chi connectivity index (χ2n) is 6.12. The van der Waals surface area contributed by atoms with Crippen molar-refractivity contribution in [1.29, 1.82) is 0 Å². The average molecular weight is 367 g/mol. The molecule has 1 aromatic heterocycles. The van der Waals surface area contributed by atoms with Crippen molar-refractivity contribution < 1.29 is 14.3 Å². The van der Waals surface area contributed by atoms with E-state index in [0.717, 1.165) is 15.2 Å². The number of anilines is 1. The van der Waals surface area contributed by atoms with Gasteiger partial charge >= 0.3 is 0 Å². The molecule has 3 aromatic rings. The third-order valence-electron chi connectivity index (χ3n) is 4.20. The lowest BCUT2D eigenvalue weighted by Gasteiger charge is -2.26. The van der Waals surface area contributed by atoms with E-state index < -0.39 is 6.10 Å². The van der Waals surface area contributed by atoms with Crippen LogP contribution in [0.1, 0.15) is 11.4 Å². The average Bonchev–Trinajstić information content (AvgIpc) is 3.04. The van der Waals surface area contributed by atoms with Gasteiger partial charge in [0.1, 0.15) is 10.8 Å². The Kier molecular flexibility index (Phi) is 4.30. The lowest BCUT2D eigenvalue weighted by molar-refractivity contribution is -0.136. The Bertz CT molecular complexity index is 952. The highest BCUT2D eigenvalue weighted by atomic mass is 32.1. The predicted molar refractivity (Wildman–Crippen MR) is 100 cm³/mol. The Morgan fingerprint density at radius 3 is 2.85 bits per heavy atom. The van der Waals surface area contributed by atoms with Crippen molar-refractivity contribution in [3.05, 3.63) is 53.5 Å². The highest BCUT2D eigenvalue weighted by molar-refractivity contribution is 7.18. The van der Waals surface area contributed by atoms with E-state index in [1.807, 2.05) is 36.4 Å². The molecule has 0 spiro atoms. The maximum atomic E-state index is 12.5. The van der Waals surface area contributed by atoms with Crippen molar-refractivity contribution in [3.63, 3.8) is 0 Å². The summed E-state index contributed by atoms with van der Waals surface area (Å²) in [5.74, 6) is 0.118. The minimum absolute atomic E-state index is 0.0123. The SMILES string of the molecule is CN(Cc1nc2ccccc2s1)C(=O)C[C@H]1Oc2ccccc2NC1=O. The molecule has 1 aliphatic rings. The van der Waals surface area contributed by atoms with Crippen molar-refractivity contribution in [2.24, 2.45) is 0 Å². The quantitative estimate of drug-likeness (QED) is 0.769. The molecule has 0 bridgehead atoms. The van der Waals surface area contributed by atoms with Gasteiger partial charge in [-0.15, -0.1) is 11.3 Å². The summed E-state index contributed by atoms with van der Waals surface area (Å²) in [4.78, 5) is 30.8. The normalized spacial score (nSPS) is 15.9. The molecule has 1 aliphatic heterocycles. The standard InChI is InChI=1S/C19H17N3O3S/c1-22(11-17-20-13-7-3-5-9-16(13)26-17)18(23)10-15-19(24)21-12-6-2-4-8-14(12)25-15/h2-9,15H,10-11H2,1H3,(H,21,24)/t15-/m1/s1. The first-order valence-electron chi connectivity index (χ1n) is 8.25. The number of ether oxygens (including phenoxy) is 1. The number of hydrogen-bond acceptors (Lipinski definition) is 5. The van der Waals surface area contributed by atoms with E-state index in [4.69, 9.17) is 4.74 Å². The summed E-state index contributed by atoms with van der Waals surface area (Å²) >= 11 is 1.56. The van der Waals surface area contributed by atoms with Crippen LogP contribution in [0, 0.1) is 0 Å². The third-order valence-corrected chi connectivity index (χ3v) is 5.22. The minimum Gasteiger partial charge on any atom is -0.478 e. The van der Waals surface area contributed by atoms with Crippen LogP contribution in [0.25, 0.3) is 10.2 Å². The lowest BCUT2D eigenvalue weighted by Crippen LogP contribution is -2.41. The molecule has 1 N–H and O–H groups in total. The zero-order valence-electron chi connectivity index (χ0n) is 14.1. The van der Waals surface area contributed by atoms with Gasteiger partial charge in [-0.25, -0.2) is 4.98 Å². The molecule has 2 amide bonds. The maximum absolute atomic E-state index is 12.5. The van der Waals surface area contributed by atoms with Crippen LogP contribution in [0.4, 0.5) is 5.69 Å². The molecular weight excluding hydrogens is 350 g/mol. The molecule has 0 aliphatic carbocycles. The van der Waals surface area contributed by atoms with Crippen molar-refractivity contribution in [1.82, 2.24) is 9.88 Å². The number of carbonyl (C=O) groups excluding carboxylic acids is 2. The van der Waals surface area contributed by atoms with Crippen LogP contribution in [-0.4, -0.2) is 34.8 Å². The smallest absolute Gasteiger partial charge is 0.266 e. The summed E-state index contributed by atoms with van der Waals surface area (Å²) in [5.41, 5.74) is 1.56. The van der Waals surface area contributed by atoms with Crippen LogP contribution in [-0.2, 0) is 16.1 Å². The first-order valence-corrected chi connectivity index (χ1v) is 9.07. The largest absolute Gasteiger partial charge is 0.478 e. The van der Waals surface area contributed by atoms with Crippen LogP contribution < -0.4 is 10.1 Å². The molecule has 0 fully saturated rings. The number of fused-ring (bicyclic) bond motifs is 2. The zero-order chi connectivity index (χ0) is 18.1. The van der Waals surface area contributed by atoms with Gasteiger partial charge in [-0.05, 0) is 24.3 Å². The number of para-hydroxylation sites is 3. The van der Waals surface area contributed by atoms with E-state index in [1.165, 1.54) is 0 Å². The molecule has 0 saturated carbocycles. The molecule has 4 rings (SSSR count). The molecule has 26 heavy (non-hydrogen) atoms. The van der Waals surface area contributed by atoms with E-state index in [1.54, 1.807) is 35.4 Å². The first-order chi connectivity index (χ1) is 12.6. The molecule has 132 valence electrons. The first kappa shape index (κ1) is 16.5. The zero-order valence-corrected chi connectivity index (χ0v) is 15.0. The van der Waals surface area contributed by atoms with E-state index in [2.05, 4.69) is 10.3 Å². The fourth-order valence-corrected chi connectivity index (χ4v) is 3.84. The Labute approximate surface area is 154 Å². The van der Waals surface area contributed by atoms with Gasteiger partial charge in [-0.1, -0.05) is 24.3 Å². The molecule has 1 atom stereocenters. The number of nitrogens with one attached hydrogen (secondary N) is 1. The summed E-state index contributed by atoms with van der Waals surface area (Å²) in [6, 6.07) is 15.1. The second kappa shape index (κ2) is 6.76. The Balaban J connectivity index is 1.42. The molecule has 0 saturated heterocycles. The second-order valence-corrected chi connectivity index (χ2v) is 7.24. The number of aromatic nitrogens is 1. The minimum atomic E-state index is -0.824. The summed E-state index contributed by atoms with van der Waals surface area (Å²) in [6.07, 6.45) is -0.836. The summed E-state index contributed by atoms with van der Waals surface area (Å²) in [7, 11) is 1.71. The van der Waals surface area contributed by atoms with Crippen molar-refractivity contribution in [2.75, 3.05) is 12.4 Å². The lowest BCUT2D eigenvalue weighted by atomic mass is 10.1. The van der Waals surface area contributed by atoms with Crippen LogP contribution >= 0.6 is 11.3 Å². The maximum Gasteiger partial charge on any atom is 0.266 e. The number of rotatable bonds is 4. The molecule has 6 nitrogen and oxygen atoms in total. The van der Waals surface area contributed by atoms with Crippen LogP contribution in [0.15, 0.2) is 48.5 Å². The van der Waals surface area contributed by atoms with Gasteiger partial charge in [0, 0.05) is 7.05 Å². The van der Waals surface area contributed by atoms with Crippen LogP contribution in [0.5, 0.6) is 5.75 Å². The molecule has 7 heteroatoms. The summed E-state index contributed by atoms with van der Waals surface area (Å²) in [6.45, 7) is 0.406. The highest BCUT2D eigenvalue weighted by Gasteiger charge is 2.30.